The Balaban J connectivity index is 2.22. The van der Waals surface area contributed by atoms with Gasteiger partial charge in [0.05, 0.1) is 17.1 Å². The lowest BCUT2D eigenvalue weighted by Crippen LogP contribution is -2.01. The molecule has 0 bridgehead atoms. The van der Waals surface area contributed by atoms with Gasteiger partial charge in [-0.15, -0.1) is 5.10 Å². The molecule has 1 atom stereocenters. The van der Waals surface area contributed by atoms with Crippen LogP contribution in [0.15, 0.2) is 28.9 Å². The average molecular weight is 363 g/mol. The van der Waals surface area contributed by atoms with Gasteiger partial charge in [-0.05, 0) is 30.7 Å². The fourth-order valence-electron chi connectivity index (χ4n) is 1.41. The summed E-state index contributed by atoms with van der Waals surface area (Å²) in [5, 5.41) is 8.02. The van der Waals surface area contributed by atoms with Gasteiger partial charge in [0.15, 0.2) is 0 Å². The molecule has 0 N–H and O–H groups in total. The van der Waals surface area contributed by atoms with Crippen molar-refractivity contribution < 1.29 is 4.39 Å². The quantitative estimate of drug-likeness (QED) is 0.779. The Kier molecular flexibility index (Phi) is 3.93. The first-order valence-electron chi connectivity index (χ1n) is 5.04. The highest BCUT2D eigenvalue weighted by Gasteiger charge is 2.08. The summed E-state index contributed by atoms with van der Waals surface area (Å²) in [6.45, 7) is 2.47. The van der Waals surface area contributed by atoms with Gasteiger partial charge >= 0.3 is 0 Å². The second kappa shape index (κ2) is 5.27. The molecule has 1 heterocycles. The van der Waals surface area contributed by atoms with Gasteiger partial charge in [0.1, 0.15) is 5.82 Å². The minimum absolute atomic E-state index is 0.159. The van der Waals surface area contributed by atoms with E-state index < -0.39 is 0 Å². The fourth-order valence-corrected chi connectivity index (χ4v) is 1.99. The number of halogens is 3. The van der Waals surface area contributed by atoms with Crippen LogP contribution in [0.25, 0.3) is 0 Å². The van der Waals surface area contributed by atoms with Crippen molar-refractivity contribution in [1.29, 1.82) is 0 Å². The zero-order chi connectivity index (χ0) is 12.4. The van der Waals surface area contributed by atoms with Crippen molar-refractivity contribution in [1.82, 2.24) is 15.0 Å². The lowest BCUT2D eigenvalue weighted by atomic mass is 10.2. The number of benzene rings is 1. The number of alkyl halides is 1. The third-order valence-electron chi connectivity index (χ3n) is 2.30. The lowest BCUT2D eigenvalue weighted by Gasteiger charge is -2.04. The van der Waals surface area contributed by atoms with Gasteiger partial charge in [-0.25, -0.2) is 9.07 Å². The van der Waals surface area contributed by atoms with Crippen LogP contribution < -0.4 is 0 Å². The summed E-state index contributed by atoms with van der Waals surface area (Å²) >= 11 is 6.81. The minimum Gasteiger partial charge on any atom is -0.248 e. The molecule has 90 valence electrons. The van der Waals surface area contributed by atoms with Crippen LogP contribution in [0.5, 0.6) is 0 Å². The highest BCUT2D eigenvalue weighted by molar-refractivity contribution is 9.10. The van der Waals surface area contributed by atoms with Crippen molar-refractivity contribution in [2.24, 2.45) is 0 Å². The Morgan fingerprint density at radius 2 is 2.24 bits per heavy atom. The van der Waals surface area contributed by atoms with E-state index in [1.807, 2.05) is 13.1 Å². The first kappa shape index (κ1) is 12.7. The Morgan fingerprint density at radius 3 is 2.88 bits per heavy atom. The molecule has 3 nitrogen and oxygen atoms in total. The van der Waals surface area contributed by atoms with Gasteiger partial charge in [-0.1, -0.05) is 37.1 Å². The van der Waals surface area contributed by atoms with Crippen LogP contribution in [0, 0.1) is 5.82 Å². The molecule has 1 unspecified atom stereocenters. The van der Waals surface area contributed by atoms with E-state index >= 15 is 0 Å². The molecule has 6 heteroatoms. The van der Waals surface area contributed by atoms with E-state index in [-0.39, 0.29) is 10.6 Å². The van der Waals surface area contributed by atoms with Crippen LogP contribution >= 0.6 is 31.9 Å². The van der Waals surface area contributed by atoms with E-state index in [1.54, 1.807) is 10.7 Å². The predicted octanol–water partition coefficient (Wildman–Crippen LogP) is 3.68. The number of rotatable bonds is 3. The van der Waals surface area contributed by atoms with Crippen LogP contribution in [0.2, 0.25) is 0 Å². The van der Waals surface area contributed by atoms with Crippen LogP contribution in [-0.4, -0.2) is 15.0 Å². The Labute approximate surface area is 115 Å². The molecule has 17 heavy (non-hydrogen) atoms. The highest BCUT2D eigenvalue weighted by Crippen LogP contribution is 2.21. The molecular formula is C11H10Br2FN3. The molecule has 0 saturated heterocycles. The molecule has 2 aromatic rings. The molecule has 0 saturated carbocycles. The number of hydrogen-bond acceptors (Lipinski definition) is 2. The van der Waals surface area contributed by atoms with Crippen molar-refractivity contribution in [3.8, 4) is 0 Å². The maximum absolute atomic E-state index is 13.1. The maximum atomic E-state index is 13.1. The summed E-state index contributed by atoms with van der Waals surface area (Å²) in [5.41, 5.74) is 1.70. The fraction of sp³-hybridized carbons (Fsp3) is 0.273. The molecule has 0 spiro atoms. The van der Waals surface area contributed by atoms with Crippen LogP contribution in [0.4, 0.5) is 4.39 Å². The topological polar surface area (TPSA) is 30.7 Å². The summed E-state index contributed by atoms with van der Waals surface area (Å²) in [6.07, 6.45) is 1.84. The van der Waals surface area contributed by atoms with Crippen molar-refractivity contribution >= 4 is 31.9 Å². The molecule has 0 aliphatic rings. The minimum atomic E-state index is -0.252. The summed E-state index contributed by atoms with van der Waals surface area (Å²) in [7, 11) is 0. The Hall–Kier alpha value is -0.750. The van der Waals surface area contributed by atoms with Gasteiger partial charge < -0.3 is 0 Å². The Morgan fingerprint density at radius 1 is 1.47 bits per heavy atom. The van der Waals surface area contributed by atoms with Crippen LogP contribution in [0.3, 0.4) is 0 Å². The number of nitrogens with zero attached hydrogens (tertiary/aromatic N) is 3. The summed E-state index contributed by atoms with van der Waals surface area (Å²) in [4.78, 5) is 0.159. The van der Waals surface area contributed by atoms with Gasteiger partial charge in [-0.3, -0.25) is 0 Å². The molecule has 1 aromatic carbocycles. The van der Waals surface area contributed by atoms with E-state index in [2.05, 4.69) is 42.2 Å². The molecule has 0 fully saturated rings. The van der Waals surface area contributed by atoms with Gasteiger partial charge in [0, 0.05) is 10.7 Å². The lowest BCUT2D eigenvalue weighted by molar-refractivity contribution is 0.613. The van der Waals surface area contributed by atoms with Gasteiger partial charge in [0.25, 0.3) is 0 Å². The molecule has 0 aliphatic carbocycles. The average Bonchev–Trinajstić information content (AvgIpc) is 2.72. The molecule has 0 aliphatic heterocycles. The molecule has 0 radical (unpaired) electrons. The van der Waals surface area contributed by atoms with Crippen molar-refractivity contribution in [3.63, 3.8) is 0 Å². The van der Waals surface area contributed by atoms with E-state index in [9.17, 15) is 4.39 Å². The van der Waals surface area contributed by atoms with Crippen molar-refractivity contribution in [2.45, 2.75) is 18.3 Å². The molecule has 0 amide bonds. The van der Waals surface area contributed by atoms with Gasteiger partial charge in [-0.2, -0.15) is 0 Å². The summed E-state index contributed by atoms with van der Waals surface area (Å²) in [6, 6.07) is 4.60. The second-order valence-electron chi connectivity index (χ2n) is 3.69. The van der Waals surface area contributed by atoms with Gasteiger partial charge in [0.2, 0.25) is 0 Å². The maximum Gasteiger partial charge on any atom is 0.123 e. The van der Waals surface area contributed by atoms with Crippen molar-refractivity contribution in [3.05, 3.63) is 45.9 Å². The van der Waals surface area contributed by atoms with E-state index in [1.165, 1.54) is 12.1 Å². The number of aromatic nitrogens is 3. The molecule has 1 aromatic heterocycles. The summed E-state index contributed by atoms with van der Waals surface area (Å²) < 4.78 is 15.7. The first-order chi connectivity index (χ1) is 8.06. The largest absolute Gasteiger partial charge is 0.248 e. The molecule has 2 rings (SSSR count). The predicted molar refractivity (Wildman–Crippen MR) is 70.6 cm³/mol. The standard InChI is InChI=1S/C11H10Br2FN3/c1-7(12)11-6-17(16-15-11)5-8-4-9(14)2-3-10(8)13/h2-4,6-7H,5H2,1H3. The third kappa shape index (κ3) is 3.13. The highest BCUT2D eigenvalue weighted by atomic mass is 79.9. The Bertz CT molecular complexity index is 525. The first-order valence-corrected chi connectivity index (χ1v) is 6.75. The smallest absolute Gasteiger partial charge is 0.123 e. The number of hydrogen-bond donors (Lipinski definition) is 0. The zero-order valence-corrected chi connectivity index (χ0v) is 12.2. The zero-order valence-electron chi connectivity index (χ0n) is 9.07. The van der Waals surface area contributed by atoms with Crippen LogP contribution in [-0.2, 0) is 6.54 Å². The molecular weight excluding hydrogens is 353 g/mol. The summed E-state index contributed by atoms with van der Waals surface area (Å²) in [5.74, 6) is -0.252. The van der Waals surface area contributed by atoms with E-state index in [0.29, 0.717) is 6.54 Å². The van der Waals surface area contributed by atoms with Crippen LogP contribution in [0.1, 0.15) is 23.0 Å². The monoisotopic (exact) mass is 361 g/mol. The second-order valence-corrected chi connectivity index (χ2v) is 5.92. The van der Waals surface area contributed by atoms with E-state index in [4.69, 9.17) is 0 Å². The van der Waals surface area contributed by atoms with Crippen molar-refractivity contribution in [2.75, 3.05) is 0 Å². The normalized spacial score (nSPS) is 12.7. The third-order valence-corrected chi connectivity index (χ3v) is 3.55. The SMILES string of the molecule is CC(Br)c1cn(Cc2cc(F)ccc2Br)nn1. The van der Waals surface area contributed by atoms with E-state index in [0.717, 1.165) is 15.7 Å².